The molecule has 0 aromatic heterocycles. The monoisotopic (exact) mass is 507 g/mol. The van der Waals surface area contributed by atoms with E-state index >= 15 is 0 Å². The topological polar surface area (TPSA) is 216 Å². The number of carbonyl (C=O) groups is 5. The van der Waals surface area contributed by atoms with Gasteiger partial charge in [-0.15, -0.1) is 0 Å². The predicted octanol–water partition coefficient (Wildman–Crippen LogP) is -1.49. The van der Waals surface area contributed by atoms with Gasteiger partial charge in [0.05, 0.1) is 12.7 Å². The van der Waals surface area contributed by atoms with Gasteiger partial charge in [0.15, 0.2) is 11.5 Å². The number of aliphatic carboxylic acids is 2. The molecule has 1 aromatic rings. The fourth-order valence-electron chi connectivity index (χ4n) is 3.23. The number of carbonyl (C=O) groups excluding carboxylic acids is 3. The fraction of sp³-hybridized carbons (Fsp3) is 0.350. The first-order valence-corrected chi connectivity index (χ1v) is 10.7. The molecule has 2 rings (SSSR count). The van der Waals surface area contributed by atoms with E-state index < -0.39 is 42.3 Å². The molecule has 0 fully saturated rings. The van der Waals surface area contributed by atoms with E-state index in [4.69, 9.17) is 10.8 Å². The summed E-state index contributed by atoms with van der Waals surface area (Å²) in [5, 5.41) is 28.6. The van der Waals surface area contributed by atoms with Crippen molar-refractivity contribution in [1.29, 1.82) is 0 Å². The van der Waals surface area contributed by atoms with Crippen LogP contribution < -0.4 is 27.0 Å². The van der Waals surface area contributed by atoms with E-state index in [1.54, 1.807) is 12.1 Å². The van der Waals surface area contributed by atoms with Crippen molar-refractivity contribution in [2.45, 2.75) is 24.9 Å². The molecule has 15 heteroatoms. The van der Waals surface area contributed by atoms with Crippen molar-refractivity contribution >= 4 is 48.3 Å². The number of hydrogen-bond acceptors (Lipinski definition) is 10. The van der Waals surface area contributed by atoms with E-state index in [0.717, 1.165) is 0 Å². The number of nitrogens with zero attached hydrogens (tertiary/aromatic N) is 2. The number of carboxylic acids is 2. The zero-order valence-electron chi connectivity index (χ0n) is 18.4. The SMILES string of the molecule is NCNC(=O)C1=C(N=S)NCC(CNc2ccc(C(=O)NC(CCC(=O)O)C(=O)O)cc2)N1C=O. The lowest BCUT2D eigenvalue weighted by atomic mass is 10.1. The molecule has 2 atom stereocenters. The number of benzene rings is 1. The summed E-state index contributed by atoms with van der Waals surface area (Å²) in [6.45, 7) is 0.334. The minimum atomic E-state index is -1.34. The second-order valence-corrected chi connectivity index (χ2v) is 7.48. The summed E-state index contributed by atoms with van der Waals surface area (Å²) in [7, 11) is 0. The van der Waals surface area contributed by atoms with Gasteiger partial charge >= 0.3 is 11.9 Å². The quantitative estimate of drug-likeness (QED) is 0.120. The summed E-state index contributed by atoms with van der Waals surface area (Å²) in [5.74, 6) is -3.70. The summed E-state index contributed by atoms with van der Waals surface area (Å²) in [6.07, 6.45) is -0.157. The molecule has 35 heavy (non-hydrogen) atoms. The molecule has 1 aliphatic heterocycles. The number of hydrogen-bond donors (Lipinski definition) is 7. The van der Waals surface area contributed by atoms with Gasteiger partial charge < -0.3 is 42.1 Å². The molecule has 188 valence electrons. The molecule has 8 N–H and O–H groups in total. The van der Waals surface area contributed by atoms with E-state index in [-0.39, 0.29) is 43.3 Å². The molecular formula is C20H25N7O7S. The molecule has 2 unspecified atom stereocenters. The molecule has 0 spiro atoms. The Morgan fingerprint density at radius 3 is 2.46 bits per heavy atom. The molecule has 3 amide bonds. The number of rotatable bonds is 13. The Kier molecular flexibility index (Phi) is 10.0. The minimum Gasteiger partial charge on any atom is -0.481 e. The molecule has 14 nitrogen and oxygen atoms in total. The highest BCUT2D eigenvalue weighted by atomic mass is 32.1. The largest absolute Gasteiger partial charge is 0.481 e. The smallest absolute Gasteiger partial charge is 0.326 e. The van der Waals surface area contributed by atoms with Crippen LogP contribution in [0.15, 0.2) is 40.1 Å². The van der Waals surface area contributed by atoms with Crippen LogP contribution in [-0.4, -0.2) is 77.1 Å². The van der Waals surface area contributed by atoms with Crippen LogP contribution in [-0.2, 0) is 31.6 Å². The number of nitrogens with two attached hydrogens (primary N) is 1. The van der Waals surface area contributed by atoms with Crippen LogP contribution in [0.1, 0.15) is 23.2 Å². The van der Waals surface area contributed by atoms with Crippen LogP contribution in [0.4, 0.5) is 5.69 Å². The van der Waals surface area contributed by atoms with Crippen molar-refractivity contribution < 1.29 is 34.2 Å². The molecule has 0 saturated carbocycles. The molecule has 1 aliphatic rings. The Bertz CT molecular complexity index is 1020. The highest BCUT2D eigenvalue weighted by Gasteiger charge is 2.32. The van der Waals surface area contributed by atoms with Crippen molar-refractivity contribution in [3.05, 3.63) is 41.3 Å². The maximum Gasteiger partial charge on any atom is 0.326 e. The third-order valence-electron chi connectivity index (χ3n) is 5.00. The van der Waals surface area contributed by atoms with Crippen molar-refractivity contribution in [3.8, 4) is 0 Å². The zero-order chi connectivity index (χ0) is 26.0. The molecule has 0 aliphatic carbocycles. The maximum atomic E-state index is 12.3. The normalized spacial score (nSPS) is 15.9. The third-order valence-corrected chi connectivity index (χ3v) is 5.19. The Morgan fingerprint density at radius 2 is 1.91 bits per heavy atom. The second-order valence-electron chi connectivity index (χ2n) is 7.30. The summed E-state index contributed by atoms with van der Waals surface area (Å²) in [4.78, 5) is 59.5. The van der Waals surface area contributed by atoms with Gasteiger partial charge in [-0.3, -0.25) is 19.2 Å². The lowest BCUT2D eigenvalue weighted by Gasteiger charge is -2.35. The maximum absolute atomic E-state index is 12.3. The van der Waals surface area contributed by atoms with Crippen molar-refractivity contribution in [3.63, 3.8) is 0 Å². The van der Waals surface area contributed by atoms with Crippen LogP contribution in [0.25, 0.3) is 0 Å². The number of nitrogens with one attached hydrogen (secondary N) is 4. The Balaban J connectivity index is 2.03. The second kappa shape index (κ2) is 13.0. The first kappa shape index (κ1) is 27.1. The van der Waals surface area contributed by atoms with Gasteiger partial charge in [-0.1, -0.05) is 0 Å². The van der Waals surface area contributed by atoms with Crippen LogP contribution >= 0.6 is 0 Å². The highest BCUT2D eigenvalue weighted by Crippen LogP contribution is 2.18. The van der Waals surface area contributed by atoms with Gasteiger partial charge in [0, 0.05) is 43.2 Å². The Morgan fingerprint density at radius 1 is 1.23 bits per heavy atom. The lowest BCUT2D eigenvalue weighted by molar-refractivity contribution is -0.140. The highest BCUT2D eigenvalue weighted by molar-refractivity contribution is 7.47. The van der Waals surface area contributed by atoms with Gasteiger partial charge in [-0.2, -0.15) is 4.36 Å². The van der Waals surface area contributed by atoms with Gasteiger partial charge in [-0.25, -0.2) is 4.79 Å². The fourth-order valence-corrected chi connectivity index (χ4v) is 3.38. The summed E-state index contributed by atoms with van der Waals surface area (Å²) in [6, 6.07) is 4.24. The average molecular weight is 508 g/mol. The van der Waals surface area contributed by atoms with Gasteiger partial charge in [0.25, 0.3) is 11.8 Å². The van der Waals surface area contributed by atoms with Gasteiger partial charge in [0.1, 0.15) is 6.04 Å². The minimum absolute atomic E-state index is 0.0543. The van der Waals surface area contributed by atoms with Crippen LogP contribution in [0.2, 0.25) is 0 Å². The molecule has 0 radical (unpaired) electrons. The first-order valence-electron chi connectivity index (χ1n) is 10.3. The number of anilines is 1. The van der Waals surface area contributed by atoms with Crippen molar-refractivity contribution in [1.82, 2.24) is 20.9 Å². The van der Waals surface area contributed by atoms with E-state index in [1.165, 1.54) is 17.0 Å². The molecule has 0 saturated heterocycles. The standard InChI is InChI=1S/C20H25N7O7S/c21-9-24-19(32)16-17(26-35)23-8-13(27(16)10-28)7-22-12-3-1-11(2-4-12)18(31)25-14(20(33)34)5-6-15(29)30/h1-4,10,13-14,22-23H,5-9,21H2,(H,24,32)(H,25,31)(H,29,30)(H,33,34). The first-order chi connectivity index (χ1) is 16.7. The Labute approximate surface area is 205 Å². The molecule has 0 bridgehead atoms. The third kappa shape index (κ3) is 7.44. The van der Waals surface area contributed by atoms with E-state index in [9.17, 15) is 29.1 Å². The van der Waals surface area contributed by atoms with Gasteiger partial charge in [-0.05, 0) is 30.7 Å². The Hall–Kier alpha value is -4.11. The number of amides is 3. The molecule has 1 aromatic carbocycles. The summed E-state index contributed by atoms with van der Waals surface area (Å²) in [5.41, 5.74) is 6.05. The average Bonchev–Trinajstić information content (AvgIpc) is 2.84. The molecular weight excluding hydrogens is 482 g/mol. The lowest BCUT2D eigenvalue weighted by Crippen LogP contribution is -2.53. The molecule has 1 heterocycles. The van der Waals surface area contributed by atoms with E-state index in [0.29, 0.717) is 12.1 Å². The van der Waals surface area contributed by atoms with Crippen molar-refractivity contribution in [2.24, 2.45) is 10.1 Å². The van der Waals surface area contributed by atoms with E-state index in [1.807, 2.05) is 0 Å². The van der Waals surface area contributed by atoms with Crippen LogP contribution in [0, 0.1) is 0 Å². The van der Waals surface area contributed by atoms with Crippen molar-refractivity contribution in [2.75, 3.05) is 25.1 Å². The zero-order valence-corrected chi connectivity index (χ0v) is 19.2. The van der Waals surface area contributed by atoms with Crippen LogP contribution in [0.5, 0.6) is 0 Å². The summed E-state index contributed by atoms with van der Waals surface area (Å²) >= 11 is 4.68. The summed E-state index contributed by atoms with van der Waals surface area (Å²) < 4.78 is 3.59. The van der Waals surface area contributed by atoms with Gasteiger partial charge in [0.2, 0.25) is 6.41 Å². The van der Waals surface area contributed by atoms with Crippen LogP contribution in [0.3, 0.4) is 0 Å². The number of carboxylic acid groups (broad SMARTS) is 2. The van der Waals surface area contributed by atoms with E-state index in [2.05, 4.69) is 38.1 Å². The predicted molar refractivity (Wildman–Crippen MR) is 124 cm³/mol.